The van der Waals surface area contributed by atoms with Crippen LogP contribution in [-0.2, 0) is 0 Å². The molecule has 1 aliphatic heterocycles. The van der Waals surface area contributed by atoms with Crippen molar-refractivity contribution in [3.05, 3.63) is 48.5 Å². The van der Waals surface area contributed by atoms with Crippen molar-refractivity contribution in [1.82, 2.24) is 15.3 Å². The molecule has 0 saturated heterocycles. The topological polar surface area (TPSA) is 47.0 Å². The summed E-state index contributed by atoms with van der Waals surface area (Å²) in [5.41, 5.74) is 0.912. The molecule has 0 bridgehead atoms. The summed E-state index contributed by atoms with van der Waals surface area (Å²) in [6.07, 6.45) is 5.24. The van der Waals surface area contributed by atoms with E-state index in [9.17, 15) is 0 Å². The molecule has 1 N–H and O–H groups in total. The molecule has 1 aromatic heterocycles. The minimum absolute atomic E-state index is 0.0505. The van der Waals surface area contributed by atoms with Gasteiger partial charge in [-0.2, -0.15) is 0 Å². The van der Waals surface area contributed by atoms with Crippen LogP contribution < -0.4 is 10.1 Å². The van der Waals surface area contributed by atoms with Gasteiger partial charge in [0, 0.05) is 23.0 Å². The van der Waals surface area contributed by atoms with E-state index in [1.54, 1.807) is 18.6 Å². The molecule has 0 saturated carbocycles. The van der Waals surface area contributed by atoms with Gasteiger partial charge in [0.25, 0.3) is 0 Å². The van der Waals surface area contributed by atoms with Gasteiger partial charge in [0.2, 0.25) is 0 Å². The molecule has 1 aliphatic rings. The summed E-state index contributed by atoms with van der Waals surface area (Å²) < 4.78 is 6.09. The van der Waals surface area contributed by atoms with E-state index in [-0.39, 0.29) is 12.1 Å². The van der Waals surface area contributed by atoms with E-state index < -0.39 is 0 Å². The van der Waals surface area contributed by atoms with Gasteiger partial charge in [-0.1, -0.05) is 12.1 Å². The Hall–Kier alpha value is -1.59. The van der Waals surface area contributed by atoms with Gasteiger partial charge in [-0.25, -0.2) is 0 Å². The van der Waals surface area contributed by atoms with Crippen molar-refractivity contribution in [3.63, 3.8) is 0 Å². The second-order valence-corrected chi connectivity index (χ2v) is 5.37. The van der Waals surface area contributed by atoms with Gasteiger partial charge in [-0.3, -0.25) is 9.97 Å². The van der Waals surface area contributed by atoms with Crippen molar-refractivity contribution >= 4 is 11.8 Å². The summed E-state index contributed by atoms with van der Waals surface area (Å²) in [4.78, 5) is 9.70. The first-order chi connectivity index (χ1) is 9.38. The molecule has 2 atom stereocenters. The SMILES string of the molecule is CNC(c1cnccn1)C1CSc2ccccc2O1. The molecule has 0 spiro atoms. The molecule has 0 amide bonds. The van der Waals surface area contributed by atoms with Crippen LogP contribution in [0.15, 0.2) is 47.8 Å². The molecule has 2 aromatic rings. The highest BCUT2D eigenvalue weighted by Crippen LogP contribution is 2.37. The van der Waals surface area contributed by atoms with Gasteiger partial charge in [0.05, 0.1) is 17.9 Å². The zero-order valence-electron chi connectivity index (χ0n) is 10.6. The lowest BCUT2D eigenvalue weighted by Crippen LogP contribution is -2.37. The highest BCUT2D eigenvalue weighted by molar-refractivity contribution is 7.99. The van der Waals surface area contributed by atoms with Gasteiger partial charge in [0.15, 0.2) is 0 Å². The average molecular weight is 273 g/mol. The van der Waals surface area contributed by atoms with Crippen LogP contribution in [0, 0.1) is 0 Å². The fourth-order valence-corrected chi connectivity index (χ4v) is 3.23. The minimum atomic E-state index is 0.0505. The first kappa shape index (κ1) is 12.4. The molecule has 0 aliphatic carbocycles. The number of thioether (sulfide) groups is 1. The molecular formula is C14H15N3OS. The zero-order valence-corrected chi connectivity index (χ0v) is 11.4. The van der Waals surface area contributed by atoms with Crippen LogP contribution in [-0.4, -0.2) is 28.9 Å². The minimum Gasteiger partial charge on any atom is -0.486 e. The van der Waals surface area contributed by atoms with Crippen LogP contribution in [0.2, 0.25) is 0 Å². The molecule has 0 fully saturated rings. The number of para-hydroxylation sites is 1. The molecule has 3 rings (SSSR count). The highest BCUT2D eigenvalue weighted by atomic mass is 32.2. The Morgan fingerprint density at radius 3 is 3.05 bits per heavy atom. The van der Waals surface area contributed by atoms with Crippen LogP contribution in [0.25, 0.3) is 0 Å². The molecule has 4 nitrogen and oxygen atoms in total. The maximum absolute atomic E-state index is 6.09. The molecule has 1 aromatic carbocycles. The lowest BCUT2D eigenvalue weighted by Gasteiger charge is -2.31. The van der Waals surface area contributed by atoms with Crippen LogP contribution in [0.5, 0.6) is 5.75 Å². The first-order valence-corrected chi connectivity index (χ1v) is 7.18. The fraction of sp³-hybridized carbons (Fsp3) is 0.286. The highest BCUT2D eigenvalue weighted by Gasteiger charge is 2.29. The predicted molar refractivity (Wildman–Crippen MR) is 75.4 cm³/mol. The Kier molecular flexibility index (Phi) is 3.66. The van der Waals surface area contributed by atoms with E-state index in [0.717, 1.165) is 17.2 Å². The summed E-state index contributed by atoms with van der Waals surface area (Å²) in [6.45, 7) is 0. The number of aromatic nitrogens is 2. The van der Waals surface area contributed by atoms with Crippen LogP contribution >= 0.6 is 11.8 Å². The molecule has 2 heterocycles. The van der Waals surface area contributed by atoms with Gasteiger partial charge in [0.1, 0.15) is 11.9 Å². The smallest absolute Gasteiger partial charge is 0.133 e. The normalized spacial score (nSPS) is 19.3. The van der Waals surface area contributed by atoms with Crippen LogP contribution in [0.1, 0.15) is 11.7 Å². The van der Waals surface area contributed by atoms with Crippen molar-refractivity contribution in [2.24, 2.45) is 0 Å². The van der Waals surface area contributed by atoms with Gasteiger partial charge >= 0.3 is 0 Å². The zero-order chi connectivity index (χ0) is 13.1. The third kappa shape index (κ3) is 2.57. The number of rotatable bonds is 3. The average Bonchev–Trinajstić information content (AvgIpc) is 2.49. The molecular weight excluding hydrogens is 258 g/mol. The quantitative estimate of drug-likeness (QED) is 0.929. The maximum Gasteiger partial charge on any atom is 0.133 e. The molecule has 0 radical (unpaired) electrons. The first-order valence-electron chi connectivity index (χ1n) is 6.20. The number of ether oxygens (including phenoxy) is 1. The third-order valence-corrected chi connectivity index (χ3v) is 4.26. The second-order valence-electron chi connectivity index (χ2n) is 4.31. The molecule has 5 heteroatoms. The summed E-state index contributed by atoms with van der Waals surface area (Å²) in [5.74, 6) is 1.85. The van der Waals surface area contributed by atoms with E-state index in [2.05, 4.69) is 21.4 Å². The predicted octanol–water partition coefficient (Wildman–Crippen LogP) is 2.29. The largest absolute Gasteiger partial charge is 0.486 e. The van der Waals surface area contributed by atoms with E-state index in [1.165, 1.54) is 4.90 Å². The Bertz CT molecular complexity index is 549. The number of likely N-dealkylation sites (N-methyl/N-ethyl adjacent to an activating group) is 1. The van der Waals surface area contributed by atoms with Crippen molar-refractivity contribution in [1.29, 1.82) is 0 Å². The standard InChI is InChI=1S/C14H15N3OS/c1-15-14(10-8-16-6-7-17-10)12-9-19-13-5-3-2-4-11(13)18-12/h2-8,12,14-15H,9H2,1H3. The van der Waals surface area contributed by atoms with Crippen molar-refractivity contribution in [2.75, 3.05) is 12.8 Å². The van der Waals surface area contributed by atoms with Crippen LogP contribution in [0.3, 0.4) is 0 Å². The Labute approximate surface area is 116 Å². The Morgan fingerprint density at radius 1 is 1.37 bits per heavy atom. The number of nitrogens with one attached hydrogen (secondary N) is 1. The Morgan fingerprint density at radius 2 is 2.26 bits per heavy atom. The van der Waals surface area contributed by atoms with Crippen molar-refractivity contribution < 1.29 is 4.74 Å². The van der Waals surface area contributed by atoms with Crippen molar-refractivity contribution in [2.45, 2.75) is 17.0 Å². The van der Waals surface area contributed by atoms with E-state index in [0.29, 0.717) is 0 Å². The summed E-state index contributed by atoms with van der Waals surface area (Å²) in [7, 11) is 1.92. The number of hydrogen-bond acceptors (Lipinski definition) is 5. The van der Waals surface area contributed by atoms with Crippen molar-refractivity contribution in [3.8, 4) is 5.75 Å². The maximum atomic E-state index is 6.09. The lowest BCUT2D eigenvalue weighted by molar-refractivity contribution is 0.168. The van der Waals surface area contributed by atoms with E-state index in [4.69, 9.17) is 4.74 Å². The number of nitrogens with zero attached hydrogens (tertiary/aromatic N) is 2. The summed E-state index contributed by atoms with van der Waals surface area (Å²) in [6, 6.07) is 8.19. The molecule has 98 valence electrons. The van der Waals surface area contributed by atoms with E-state index >= 15 is 0 Å². The fourth-order valence-electron chi connectivity index (χ4n) is 2.20. The second kappa shape index (κ2) is 5.59. The molecule has 19 heavy (non-hydrogen) atoms. The summed E-state index contributed by atoms with van der Waals surface area (Å²) in [5, 5.41) is 3.28. The third-order valence-electron chi connectivity index (χ3n) is 3.12. The Balaban J connectivity index is 1.83. The van der Waals surface area contributed by atoms with Gasteiger partial charge in [-0.05, 0) is 19.2 Å². The van der Waals surface area contributed by atoms with Gasteiger partial charge in [-0.15, -0.1) is 11.8 Å². The van der Waals surface area contributed by atoms with Gasteiger partial charge < -0.3 is 10.1 Å². The lowest BCUT2D eigenvalue weighted by atomic mass is 10.1. The number of fused-ring (bicyclic) bond motifs is 1. The number of benzene rings is 1. The summed E-state index contributed by atoms with van der Waals surface area (Å²) >= 11 is 1.82. The molecule has 2 unspecified atom stereocenters. The number of hydrogen-bond donors (Lipinski definition) is 1. The monoisotopic (exact) mass is 273 g/mol. The van der Waals surface area contributed by atoms with E-state index in [1.807, 2.05) is 37.0 Å². The van der Waals surface area contributed by atoms with Crippen LogP contribution in [0.4, 0.5) is 0 Å².